The minimum Gasteiger partial charge on any atom is -0.378 e. The normalized spacial score (nSPS) is 43.6. The van der Waals surface area contributed by atoms with E-state index in [9.17, 15) is 9.59 Å². The second-order valence-corrected chi connectivity index (χ2v) is 14.5. The van der Waals surface area contributed by atoms with Gasteiger partial charge in [-0.25, -0.2) is 13.6 Å². The van der Waals surface area contributed by atoms with Crippen LogP contribution in [0.3, 0.4) is 0 Å². The summed E-state index contributed by atoms with van der Waals surface area (Å²) in [6, 6.07) is -0.814. The van der Waals surface area contributed by atoms with E-state index >= 15 is 8.78 Å². The lowest BCUT2D eigenvalue weighted by Gasteiger charge is -2.60. The molecule has 248 valence electrons. The third kappa shape index (κ3) is 5.91. The molecule has 0 aromatic rings. The van der Waals surface area contributed by atoms with Crippen LogP contribution in [-0.2, 0) is 9.53 Å². The number of urea groups is 1. The molecule has 0 radical (unpaired) electrons. The molecule has 11 heteroatoms. The minimum atomic E-state index is -1.27. The van der Waals surface area contributed by atoms with E-state index in [1.807, 2.05) is 9.80 Å². The van der Waals surface area contributed by atoms with Gasteiger partial charge >= 0.3 is 6.03 Å². The fourth-order valence-electron chi connectivity index (χ4n) is 9.64. The zero-order chi connectivity index (χ0) is 31.1. The third-order valence-electron chi connectivity index (χ3n) is 11.8. The predicted octanol–water partition coefficient (Wildman–Crippen LogP) is 3.41. The van der Waals surface area contributed by atoms with Crippen LogP contribution in [0.1, 0.15) is 72.1 Å². The molecule has 6 aliphatic rings. The summed E-state index contributed by atoms with van der Waals surface area (Å²) in [5.74, 6) is -0.336. The molecule has 0 aromatic heterocycles. The Labute approximate surface area is 261 Å². The van der Waals surface area contributed by atoms with Gasteiger partial charge in [-0.15, -0.1) is 0 Å². The topological polar surface area (TPSA) is 89.2 Å². The van der Waals surface area contributed by atoms with E-state index in [-0.39, 0.29) is 60.6 Å². The molecule has 3 amide bonds. The molecule has 6 fully saturated rings. The molecule has 2 bridgehead atoms. The van der Waals surface area contributed by atoms with Gasteiger partial charge < -0.3 is 25.2 Å². The van der Waals surface area contributed by atoms with Gasteiger partial charge in [-0.3, -0.25) is 15.0 Å². The molecule has 12 atom stereocenters. The Balaban J connectivity index is 1.38. The molecular formula is C33H54F2N6O3. The fraction of sp³-hybridized carbons (Fsp3) is 0.879. The molecule has 5 aliphatic heterocycles. The molecule has 44 heavy (non-hydrogen) atoms. The van der Waals surface area contributed by atoms with Crippen LogP contribution in [0, 0.1) is 23.7 Å². The van der Waals surface area contributed by atoms with Gasteiger partial charge in [-0.05, 0) is 75.8 Å². The van der Waals surface area contributed by atoms with E-state index in [0.717, 1.165) is 45.1 Å². The number of fused-ring (bicyclic) bond motifs is 5. The molecule has 0 aromatic carbocycles. The van der Waals surface area contributed by atoms with Crippen LogP contribution in [-0.4, -0.2) is 114 Å². The number of halogens is 2. The molecule has 11 unspecified atom stereocenters. The molecule has 0 spiro atoms. The lowest BCUT2D eigenvalue weighted by molar-refractivity contribution is -0.135. The van der Waals surface area contributed by atoms with E-state index < -0.39 is 30.5 Å². The van der Waals surface area contributed by atoms with Crippen molar-refractivity contribution in [2.24, 2.45) is 23.7 Å². The largest absolute Gasteiger partial charge is 0.378 e. The van der Waals surface area contributed by atoms with Crippen molar-refractivity contribution in [2.75, 3.05) is 32.8 Å². The summed E-state index contributed by atoms with van der Waals surface area (Å²) >= 11 is 0. The zero-order valence-corrected chi connectivity index (χ0v) is 26.8. The van der Waals surface area contributed by atoms with E-state index in [2.05, 4.69) is 48.2 Å². The number of alkyl halides is 2. The van der Waals surface area contributed by atoms with E-state index in [0.29, 0.717) is 38.6 Å². The van der Waals surface area contributed by atoms with Crippen LogP contribution in [0.25, 0.3) is 0 Å². The molecule has 5 heterocycles. The summed E-state index contributed by atoms with van der Waals surface area (Å²) < 4.78 is 38.7. The van der Waals surface area contributed by atoms with Crippen molar-refractivity contribution in [1.29, 1.82) is 0 Å². The molecule has 1 aliphatic carbocycles. The van der Waals surface area contributed by atoms with Crippen molar-refractivity contribution in [3.8, 4) is 0 Å². The number of ether oxygens (including phenoxy) is 1. The monoisotopic (exact) mass is 620 g/mol. The average Bonchev–Trinajstić information content (AvgIpc) is 3.01. The van der Waals surface area contributed by atoms with Gasteiger partial charge in [-0.1, -0.05) is 27.4 Å². The molecule has 9 nitrogen and oxygen atoms in total. The second-order valence-electron chi connectivity index (χ2n) is 14.5. The highest BCUT2D eigenvalue weighted by atomic mass is 19.1. The van der Waals surface area contributed by atoms with Crippen LogP contribution in [0.2, 0.25) is 0 Å². The van der Waals surface area contributed by atoms with Gasteiger partial charge in [0.15, 0.2) is 0 Å². The maximum Gasteiger partial charge on any atom is 0.320 e. The Bertz CT molecular complexity index is 1050. The highest BCUT2D eigenvalue weighted by Crippen LogP contribution is 2.43. The Morgan fingerprint density at radius 3 is 2.68 bits per heavy atom. The van der Waals surface area contributed by atoms with Crippen molar-refractivity contribution in [1.82, 2.24) is 30.7 Å². The Morgan fingerprint density at radius 2 is 1.93 bits per heavy atom. The Kier molecular flexibility index (Phi) is 9.86. The average molecular weight is 621 g/mol. The SMILES string of the molecule is C=CC(=O)N1CCN(C2NC(=O)N3C4NC(C(F)CC42)C2C(F)CCCC2OCCCC2CCNC(C(C)C)C23)[C@@H](CC)C1. The minimum absolute atomic E-state index is 0.0189. The quantitative estimate of drug-likeness (QED) is 0.418. The number of rotatable bonds is 4. The number of amides is 3. The first-order chi connectivity index (χ1) is 21.2. The molecule has 1 saturated carbocycles. The summed E-state index contributed by atoms with van der Waals surface area (Å²) in [5.41, 5.74) is 0. The number of nitrogens with zero attached hydrogens (tertiary/aromatic N) is 3. The number of nitrogens with one attached hydrogen (secondary N) is 3. The van der Waals surface area contributed by atoms with Gasteiger partial charge in [-0.2, -0.15) is 0 Å². The third-order valence-corrected chi connectivity index (χ3v) is 11.8. The number of hydrogen-bond donors (Lipinski definition) is 3. The summed E-state index contributed by atoms with van der Waals surface area (Å²) in [4.78, 5) is 33.1. The van der Waals surface area contributed by atoms with E-state index in [4.69, 9.17) is 4.74 Å². The van der Waals surface area contributed by atoms with Gasteiger partial charge in [0.25, 0.3) is 0 Å². The van der Waals surface area contributed by atoms with Crippen LogP contribution in [0.15, 0.2) is 12.7 Å². The lowest BCUT2D eigenvalue weighted by Crippen LogP contribution is -2.80. The Morgan fingerprint density at radius 1 is 1.11 bits per heavy atom. The number of hydrogen-bond acceptors (Lipinski definition) is 6. The molecule has 6 rings (SSSR count). The van der Waals surface area contributed by atoms with Crippen molar-refractivity contribution in [2.45, 2.75) is 127 Å². The first-order valence-electron chi connectivity index (χ1n) is 17.4. The smallest absolute Gasteiger partial charge is 0.320 e. The molecule has 3 N–H and O–H groups in total. The van der Waals surface area contributed by atoms with Crippen LogP contribution in [0.5, 0.6) is 0 Å². The van der Waals surface area contributed by atoms with Crippen molar-refractivity contribution < 1.29 is 23.1 Å². The summed E-state index contributed by atoms with van der Waals surface area (Å²) in [5, 5.41) is 10.8. The van der Waals surface area contributed by atoms with Gasteiger partial charge in [0.05, 0.1) is 24.5 Å². The zero-order valence-electron chi connectivity index (χ0n) is 26.8. The van der Waals surface area contributed by atoms with E-state index in [1.54, 1.807) is 0 Å². The maximum absolute atomic E-state index is 16.6. The van der Waals surface area contributed by atoms with Crippen molar-refractivity contribution in [3.05, 3.63) is 12.7 Å². The predicted molar refractivity (Wildman–Crippen MR) is 165 cm³/mol. The number of carbonyl (C=O) groups excluding carboxylic acids is 2. The van der Waals surface area contributed by atoms with Crippen LogP contribution >= 0.6 is 0 Å². The number of piperazine rings is 1. The second kappa shape index (κ2) is 13.5. The van der Waals surface area contributed by atoms with Gasteiger partial charge in [0.1, 0.15) is 12.3 Å². The van der Waals surface area contributed by atoms with Crippen molar-refractivity contribution >= 4 is 11.9 Å². The molecular weight excluding hydrogens is 566 g/mol. The van der Waals surface area contributed by atoms with Gasteiger partial charge in [0, 0.05) is 56.2 Å². The van der Waals surface area contributed by atoms with Crippen LogP contribution in [0.4, 0.5) is 13.6 Å². The number of piperidine rings is 2. The van der Waals surface area contributed by atoms with Crippen LogP contribution < -0.4 is 16.0 Å². The highest BCUT2D eigenvalue weighted by Gasteiger charge is 2.57. The van der Waals surface area contributed by atoms with Crippen molar-refractivity contribution in [3.63, 3.8) is 0 Å². The Hall–Kier alpha value is -1.82. The first-order valence-corrected chi connectivity index (χ1v) is 17.4. The fourth-order valence-corrected chi connectivity index (χ4v) is 9.64. The van der Waals surface area contributed by atoms with Gasteiger partial charge in [0.2, 0.25) is 5.91 Å². The summed E-state index contributed by atoms with van der Waals surface area (Å²) in [7, 11) is 0. The summed E-state index contributed by atoms with van der Waals surface area (Å²) in [6.45, 7) is 13.2. The van der Waals surface area contributed by atoms with E-state index in [1.165, 1.54) is 6.08 Å². The summed E-state index contributed by atoms with van der Waals surface area (Å²) in [6.07, 6.45) is 3.49. The maximum atomic E-state index is 16.6. The molecule has 5 saturated heterocycles. The lowest BCUT2D eigenvalue weighted by atomic mass is 9.72. The standard InChI is InChI=1S/C33H54F2N6O3/c1-5-21-18-39(26(42)6-2)14-15-40(21)31-22-17-24(35)29-27-23(34)10-7-11-25(27)44-16-8-9-20-12-13-36-28(19(3)4)30(20)41(32(22)37-29)33(43)38-31/h6,19-25,27-32,36-37H,2,5,7-18H2,1,3-4H3,(H,38,43)/t20?,21-,22?,23?,24?,25?,27?,28?,29?,30?,31?,32?/m0/s1. The first kappa shape index (κ1) is 32.1. The number of carbonyl (C=O) groups is 2. The highest BCUT2D eigenvalue weighted by molar-refractivity contribution is 5.87.